The molecular formula is C36H52O10. The van der Waals surface area contributed by atoms with E-state index in [0.717, 1.165) is 38.2 Å². The molecule has 2 unspecified atom stereocenters. The summed E-state index contributed by atoms with van der Waals surface area (Å²) in [5.41, 5.74) is -5.25. The number of carbonyl (C=O) groups excluding carboxylic acids is 3. The van der Waals surface area contributed by atoms with Crippen molar-refractivity contribution in [2.75, 3.05) is 6.61 Å². The van der Waals surface area contributed by atoms with Crippen LogP contribution in [-0.4, -0.2) is 85.0 Å². The van der Waals surface area contributed by atoms with Gasteiger partial charge in [-0.1, -0.05) is 90.2 Å². The molecule has 5 N–H and O–H groups in total. The lowest BCUT2D eigenvalue weighted by molar-refractivity contribution is -0.226. The number of unbranched alkanes of at least 4 members (excludes halogenated alkanes) is 4. The Labute approximate surface area is 271 Å². The van der Waals surface area contributed by atoms with Crippen LogP contribution in [0.25, 0.3) is 0 Å². The molecule has 0 amide bonds. The van der Waals surface area contributed by atoms with Crippen molar-refractivity contribution in [1.29, 1.82) is 0 Å². The van der Waals surface area contributed by atoms with E-state index in [1.54, 1.807) is 26.0 Å². The van der Waals surface area contributed by atoms with Gasteiger partial charge in [-0.15, -0.1) is 0 Å². The number of aliphatic hydroxyl groups is 5. The van der Waals surface area contributed by atoms with Gasteiger partial charge in [-0.3, -0.25) is 9.59 Å². The lowest BCUT2D eigenvalue weighted by Gasteiger charge is -2.53. The molecule has 46 heavy (non-hydrogen) atoms. The van der Waals surface area contributed by atoms with Crippen molar-refractivity contribution in [3.05, 3.63) is 47.6 Å². The number of hydrogen-bond acceptors (Lipinski definition) is 10. The first-order valence-corrected chi connectivity index (χ1v) is 16.6. The molecular weight excluding hydrogens is 592 g/mol. The van der Waals surface area contributed by atoms with Crippen molar-refractivity contribution in [1.82, 2.24) is 0 Å². The number of hydrogen-bond donors (Lipinski definition) is 5. The number of aliphatic hydroxyl groups excluding tert-OH is 3. The summed E-state index contributed by atoms with van der Waals surface area (Å²) < 4.78 is 12.0. The topological polar surface area (TPSA) is 171 Å². The Bertz CT molecular complexity index is 1310. The summed E-state index contributed by atoms with van der Waals surface area (Å²) in [7, 11) is 0. The van der Waals surface area contributed by atoms with Crippen molar-refractivity contribution < 1.29 is 49.4 Å². The molecule has 10 heteroatoms. The summed E-state index contributed by atoms with van der Waals surface area (Å²) in [5, 5.41) is 55.3. The molecule has 4 aliphatic carbocycles. The zero-order valence-corrected chi connectivity index (χ0v) is 27.9. The third-order valence-corrected chi connectivity index (χ3v) is 11.2. The average molecular weight is 645 g/mol. The van der Waals surface area contributed by atoms with Crippen LogP contribution in [0.1, 0.15) is 86.5 Å². The maximum Gasteiger partial charge on any atom is 0.331 e. The third kappa shape index (κ3) is 5.96. The fraction of sp³-hybridized carbons (Fsp3) is 0.694. The molecule has 4 aliphatic rings. The van der Waals surface area contributed by atoms with Crippen LogP contribution in [0.4, 0.5) is 0 Å². The lowest BCUT2D eigenvalue weighted by atomic mass is 9.59. The van der Waals surface area contributed by atoms with Crippen molar-refractivity contribution in [2.24, 2.45) is 29.1 Å². The van der Waals surface area contributed by atoms with Gasteiger partial charge in [0, 0.05) is 48.5 Å². The van der Waals surface area contributed by atoms with E-state index in [9.17, 15) is 39.9 Å². The zero-order valence-electron chi connectivity index (χ0n) is 27.9. The van der Waals surface area contributed by atoms with Crippen molar-refractivity contribution in [3.8, 4) is 0 Å². The molecule has 0 bridgehead atoms. The number of ether oxygens (including phenoxy) is 2. The predicted molar refractivity (Wildman–Crippen MR) is 170 cm³/mol. The molecule has 0 saturated heterocycles. The minimum absolute atomic E-state index is 0.168. The maximum atomic E-state index is 13.3. The van der Waals surface area contributed by atoms with Gasteiger partial charge in [0.05, 0.1) is 24.4 Å². The molecule has 0 heterocycles. The van der Waals surface area contributed by atoms with Crippen LogP contribution in [-0.2, 0) is 23.9 Å². The van der Waals surface area contributed by atoms with Crippen LogP contribution in [0.5, 0.6) is 0 Å². The van der Waals surface area contributed by atoms with Crippen LogP contribution < -0.4 is 0 Å². The SMILES string of the molecule is CCCCCCCC(O)C(O)/C=C/C=C/C(=O)O[C@@H]1[C@@H](C)[C@@]2(O)[C@@H](C=C(CO)C[C@]3(O)C(=O)C(C)=C[C@@H]23)[C@H]2C(C)(C)[C@]12OC(C)=O. The fourth-order valence-electron chi connectivity index (χ4n) is 8.79. The van der Waals surface area contributed by atoms with Crippen molar-refractivity contribution in [2.45, 2.75) is 122 Å². The Balaban J connectivity index is 1.60. The van der Waals surface area contributed by atoms with E-state index >= 15 is 0 Å². The quantitative estimate of drug-likeness (QED) is 0.0659. The molecule has 10 nitrogen and oxygen atoms in total. The van der Waals surface area contributed by atoms with Crippen LogP contribution in [0.3, 0.4) is 0 Å². The number of ketones is 1. The summed E-state index contributed by atoms with van der Waals surface area (Å²) in [6.07, 6.45) is 10.9. The van der Waals surface area contributed by atoms with E-state index in [0.29, 0.717) is 17.6 Å². The predicted octanol–water partition coefficient (Wildman–Crippen LogP) is 3.25. The Hall–Kier alpha value is -2.63. The Morgan fingerprint density at radius 1 is 1.09 bits per heavy atom. The zero-order chi connectivity index (χ0) is 34.2. The highest BCUT2D eigenvalue weighted by Gasteiger charge is 2.87. The number of carbonyl (C=O) groups is 3. The highest BCUT2D eigenvalue weighted by Crippen LogP contribution is 2.77. The molecule has 10 atom stereocenters. The highest BCUT2D eigenvalue weighted by molar-refractivity contribution is 6.04. The van der Waals surface area contributed by atoms with Gasteiger partial charge in [0.2, 0.25) is 0 Å². The number of Topliss-reactive ketones (excluding diaryl/α,β-unsaturated/α-hetero) is 1. The highest BCUT2D eigenvalue weighted by atomic mass is 16.6. The molecule has 0 aromatic carbocycles. The van der Waals surface area contributed by atoms with Gasteiger partial charge in [-0.2, -0.15) is 0 Å². The van der Waals surface area contributed by atoms with Crippen LogP contribution in [0, 0.1) is 29.1 Å². The molecule has 0 aromatic rings. The van der Waals surface area contributed by atoms with Gasteiger partial charge in [0.1, 0.15) is 11.7 Å². The number of fused-ring (bicyclic) bond motifs is 5. The minimum Gasteiger partial charge on any atom is -0.455 e. The van der Waals surface area contributed by atoms with E-state index < -0.39 is 88.5 Å². The van der Waals surface area contributed by atoms with Gasteiger partial charge >= 0.3 is 11.9 Å². The molecule has 0 aromatic heterocycles. The minimum atomic E-state index is -2.00. The smallest absolute Gasteiger partial charge is 0.331 e. The second kappa shape index (κ2) is 13.5. The summed E-state index contributed by atoms with van der Waals surface area (Å²) in [6.45, 7) is 9.92. The molecule has 2 fully saturated rings. The van der Waals surface area contributed by atoms with E-state index in [4.69, 9.17) is 9.47 Å². The second-order valence-electron chi connectivity index (χ2n) is 14.4. The molecule has 0 spiro atoms. The van der Waals surface area contributed by atoms with Gasteiger partial charge in [-0.05, 0) is 24.5 Å². The number of rotatable bonds is 13. The molecule has 4 rings (SSSR count). The maximum absolute atomic E-state index is 13.3. The molecule has 0 aliphatic heterocycles. The molecule has 2 saturated carbocycles. The summed E-state index contributed by atoms with van der Waals surface area (Å²) in [6, 6.07) is 0. The normalized spacial score (nSPS) is 37.5. The van der Waals surface area contributed by atoms with E-state index in [1.165, 1.54) is 25.2 Å². The van der Waals surface area contributed by atoms with Crippen molar-refractivity contribution >= 4 is 17.7 Å². The van der Waals surface area contributed by atoms with Gasteiger partial charge in [0.25, 0.3) is 0 Å². The van der Waals surface area contributed by atoms with Gasteiger partial charge < -0.3 is 35.0 Å². The van der Waals surface area contributed by atoms with Crippen molar-refractivity contribution in [3.63, 3.8) is 0 Å². The Morgan fingerprint density at radius 3 is 2.39 bits per heavy atom. The number of esters is 2. The molecule has 0 radical (unpaired) electrons. The first-order chi connectivity index (χ1) is 21.5. The Morgan fingerprint density at radius 2 is 1.76 bits per heavy atom. The van der Waals surface area contributed by atoms with Gasteiger partial charge in [-0.25, -0.2) is 4.79 Å². The monoisotopic (exact) mass is 644 g/mol. The average Bonchev–Trinajstić information content (AvgIpc) is 3.41. The first-order valence-electron chi connectivity index (χ1n) is 16.6. The third-order valence-electron chi connectivity index (χ3n) is 11.2. The molecule has 256 valence electrons. The first kappa shape index (κ1) is 36.2. The second-order valence-corrected chi connectivity index (χ2v) is 14.4. The van der Waals surface area contributed by atoms with E-state index in [2.05, 4.69) is 6.92 Å². The van der Waals surface area contributed by atoms with E-state index in [1.807, 2.05) is 13.8 Å². The standard InChI is InChI=1S/C36H52O10/c1-7-8-9-10-11-14-26(39)27(40)15-12-13-16-29(41)45-32-22(3)35(44)25(30-33(5,6)36(30,32)46-23(4)38)18-24(20-37)19-34(43)28(35)17-21(2)31(34)42/h12-13,15-18,22,25-28,30,32,37,39-40,43-44H,7-11,14,19-20H2,1-6H3/b15-12+,16-13+/t22-,25+,26?,27?,28-,30+,32-,34-,35-,36-/m1/s1. The lowest BCUT2D eigenvalue weighted by Crippen LogP contribution is -2.66. The summed E-state index contributed by atoms with van der Waals surface area (Å²) in [5.74, 6) is -5.23. The van der Waals surface area contributed by atoms with Crippen LogP contribution in [0.15, 0.2) is 47.6 Å². The van der Waals surface area contributed by atoms with Gasteiger partial charge in [0.15, 0.2) is 11.4 Å². The van der Waals surface area contributed by atoms with Crippen LogP contribution in [0.2, 0.25) is 0 Å². The summed E-state index contributed by atoms with van der Waals surface area (Å²) >= 11 is 0. The fourth-order valence-corrected chi connectivity index (χ4v) is 8.79. The largest absolute Gasteiger partial charge is 0.455 e. The van der Waals surface area contributed by atoms with Crippen LogP contribution >= 0.6 is 0 Å². The number of allylic oxidation sites excluding steroid dienone is 2. The summed E-state index contributed by atoms with van der Waals surface area (Å²) in [4.78, 5) is 39.0. The van der Waals surface area contributed by atoms with E-state index in [-0.39, 0.29) is 6.42 Å². The Kier molecular flexibility index (Phi) is 10.6.